The highest BCUT2D eigenvalue weighted by Gasteiger charge is 2.27. The van der Waals surface area contributed by atoms with Gasteiger partial charge in [-0.25, -0.2) is 4.39 Å². The van der Waals surface area contributed by atoms with Crippen molar-refractivity contribution >= 4 is 17.4 Å². The molecule has 0 saturated heterocycles. The fourth-order valence-corrected chi connectivity index (χ4v) is 2.90. The maximum absolute atomic E-state index is 13.4. The van der Waals surface area contributed by atoms with Crippen LogP contribution in [0.4, 0.5) is 4.39 Å². The largest absolute Gasteiger partial charge is 0.294 e. The first kappa shape index (κ1) is 13.5. The Morgan fingerprint density at radius 2 is 2.22 bits per heavy atom. The van der Waals surface area contributed by atoms with Gasteiger partial charge >= 0.3 is 0 Å². The minimum atomic E-state index is -0.509. The molecule has 18 heavy (non-hydrogen) atoms. The molecule has 0 aliphatic heterocycles. The van der Waals surface area contributed by atoms with E-state index in [1.807, 2.05) is 0 Å². The molecule has 1 nitrogen and oxygen atoms in total. The van der Waals surface area contributed by atoms with E-state index in [1.165, 1.54) is 18.6 Å². The summed E-state index contributed by atoms with van der Waals surface area (Å²) in [6.07, 6.45) is 5.32. The second-order valence-electron chi connectivity index (χ2n) is 5.13. The fourth-order valence-electron chi connectivity index (χ4n) is 2.79. The van der Waals surface area contributed by atoms with Gasteiger partial charge in [0.25, 0.3) is 0 Å². The van der Waals surface area contributed by atoms with Gasteiger partial charge in [0.1, 0.15) is 5.82 Å². The molecule has 0 spiro atoms. The Morgan fingerprint density at radius 3 is 2.89 bits per heavy atom. The van der Waals surface area contributed by atoms with E-state index in [0.717, 1.165) is 25.7 Å². The van der Waals surface area contributed by atoms with E-state index in [2.05, 4.69) is 6.92 Å². The predicted molar refractivity (Wildman–Crippen MR) is 71.5 cm³/mol. The van der Waals surface area contributed by atoms with Gasteiger partial charge in [0.15, 0.2) is 5.78 Å². The standard InChI is InChI=1S/C15H18ClFO/c1-2-10-4-3-5-11(8-10)15(18)12-6-7-13(16)14(17)9-12/h6-7,9-11H,2-5,8H2,1H3. The molecule has 1 fully saturated rings. The normalized spacial score (nSPS) is 23.9. The second kappa shape index (κ2) is 5.83. The maximum atomic E-state index is 13.4. The third kappa shape index (κ3) is 2.92. The van der Waals surface area contributed by atoms with Gasteiger partial charge in [0.2, 0.25) is 0 Å². The zero-order chi connectivity index (χ0) is 13.1. The topological polar surface area (TPSA) is 17.1 Å². The zero-order valence-corrected chi connectivity index (χ0v) is 11.3. The number of rotatable bonds is 3. The smallest absolute Gasteiger partial charge is 0.166 e. The summed E-state index contributed by atoms with van der Waals surface area (Å²) >= 11 is 5.63. The Labute approximate surface area is 112 Å². The van der Waals surface area contributed by atoms with Gasteiger partial charge in [-0.05, 0) is 37.0 Å². The maximum Gasteiger partial charge on any atom is 0.166 e. The van der Waals surface area contributed by atoms with Crippen molar-refractivity contribution in [2.24, 2.45) is 11.8 Å². The van der Waals surface area contributed by atoms with Gasteiger partial charge in [-0.3, -0.25) is 4.79 Å². The van der Waals surface area contributed by atoms with Crippen LogP contribution in [0.15, 0.2) is 18.2 Å². The number of carbonyl (C=O) groups is 1. The van der Waals surface area contributed by atoms with Crippen molar-refractivity contribution in [2.45, 2.75) is 39.0 Å². The summed E-state index contributed by atoms with van der Waals surface area (Å²) in [4.78, 5) is 12.3. The Balaban J connectivity index is 2.12. The van der Waals surface area contributed by atoms with Gasteiger partial charge in [-0.15, -0.1) is 0 Å². The third-order valence-corrected chi connectivity index (χ3v) is 4.24. The fraction of sp³-hybridized carbons (Fsp3) is 0.533. The van der Waals surface area contributed by atoms with Crippen LogP contribution in [0.1, 0.15) is 49.4 Å². The van der Waals surface area contributed by atoms with Crippen molar-refractivity contribution in [2.75, 3.05) is 0 Å². The molecule has 1 aliphatic carbocycles. The Morgan fingerprint density at radius 1 is 1.44 bits per heavy atom. The highest BCUT2D eigenvalue weighted by Crippen LogP contribution is 2.33. The minimum Gasteiger partial charge on any atom is -0.294 e. The molecule has 1 aromatic carbocycles. The lowest BCUT2D eigenvalue weighted by atomic mass is 9.77. The van der Waals surface area contributed by atoms with Crippen molar-refractivity contribution in [1.29, 1.82) is 0 Å². The predicted octanol–water partition coefficient (Wildman–Crippen LogP) is 4.88. The van der Waals surface area contributed by atoms with E-state index in [-0.39, 0.29) is 16.7 Å². The zero-order valence-electron chi connectivity index (χ0n) is 10.6. The first-order valence-electron chi connectivity index (χ1n) is 6.61. The summed E-state index contributed by atoms with van der Waals surface area (Å²) in [6, 6.07) is 4.35. The summed E-state index contributed by atoms with van der Waals surface area (Å²) in [5, 5.41) is 0.0710. The molecule has 2 atom stereocenters. The molecule has 2 rings (SSSR count). The van der Waals surface area contributed by atoms with Crippen molar-refractivity contribution in [3.63, 3.8) is 0 Å². The average molecular weight is 269 g/mol. The Hall–Kier alpha value is -0.890. The number of hydrogen-bond donors (Lipinski definition) is 0. The molecular weight excluding hydrogens is 251 g/mol. The molecule has 0 aromatic heterocycles. The summed E-state index contributed by atoms with van der Waals surface area (Å²) in [6.45, 7) is 2.17. The number of carbonyl (C=O) groups excluding carboxylic acids is 1. The average Bonchev–Trinajstić information content (AvgIpc) is 2.41. The molecule has 1 aromatic rings. The van der Waals surface area contributed by atoms with E-state index < -0.39 is 5.82 Å². The van der Waals surface area contributed by atoms with Crippen LogP contribution in [-0.2, 0) is 0 Å². The number of halogens is 2. The SMILES string of the molecule is CCC1CCCC(C(=O)c2ccc(Cl)c(F)c2)C1. The van der Waals surface area contributed by atoms with Gasteiger partial charge in [-0.1, -0.05) is 37.8 Å². The van der Waals surface area contributed by atoms with Crippen LogP contribution in [0.25, 0.3) is 0 Å². The third-order valence-electron chi connectivity index (χ3n) is 3.94. The van der Waals surface area contributed by atoms with Gasteiger partial charge in [0, 0.05) is 11.5 Å². The van der Waals surface area contributed by atoms with Crippen LogP contribution in [0, 0.1) is 17.7 Å². The molecule has 0 heterocycles. The molecule has 1 aliphatic rings. The number of ketones is 1. The molecule has 0 bridgehead atoms. The van der Waals surface area contributed by atoms with Gasteiger partial charge in [0.05, 0.1) is 5.02 Å². The van der Waals surface area contributed by atoms with Crippen LogP contribution < -0.4 is 0 Å². The van der Waals surface area contributed by atoms with Crippen molar-refractivity contribution in [3.05, 3.63) is 34.6 Å². The lowest BCUT2D eigenvalue weighted by Crippen LogP contribution is -2.22. The molecule has 1 saturated carbocycles. The van der Waals surface area contributed by atoms with E-state index in [1.54, 1.807) is 6.07 Å². The summed E-state index contributed by atoms with van der Waals surface area (Å²) in [5.74, 6) is 0.267. The molecule has 0 radical (unpaired) electrons. The van der Waals surface area contributed by atoms with Gasteiger partial charge in [-0.2, -0.15) is 0 Å². The first-order chi connectivity index (χ1) is 8.61. The summed E-state index contributed by atoms with van der Waals surface area (Å²) in [5.41, 5.74) is 0.457. The number of benzene rings is 1. The lowest BCUT2D eigenvalue weighted by molar-refractivity contribution is 0.0861. The van der Waals surface area contributed by atoms with Crippen molar-refractivity contribution in [3.8, 4) is 0 Å². The van der Waals surface area contributed by atoms with Crippen LogP contribution in [0.3, 0.4) is 0 Å². The van der Waals surface area contributed by atoms with Gasteiger partial charge < -0.3 is 0 Å². The number of Topliss-reactive ketones (excluding diaryl/α,β-unsaturated/α-hetero) is 1. The molecule has 2 unspecified atom stereocenters. The Kier molecular flexibility index (Phi) is 4.39. The molecule has 0 N–H and O–H groups in total. The molecule has 98 valence electrons. The second-order valence-corrected chi connectivity index (χ2v) is 5.54. The minimum absolute atomic E-state index is 0.0595. The first-order valence-corrected chi connectivity index (χ1v) is 6.99. The highest BCUT2D eigenvalue weighted by molar-refractivity contribution is 6.30. The highest BCUT2D eigenvalue weighted by atomic mass is 35.5. The molecule has 3 heteroatoms. The van der Waals surface area contributed by atoms with Crippen LogP contribution in [0.2, 0.25) is 5.02 Å². The molecule has 0 amide bonds. The van der Waals surface area contributed by atoms with E-state index >= 15 is 0 Å². The summed E-state index contributed by atoms with van der Waals surface area (Å²) < 4.78 is 13.4. The van der Waals surface area contributed by atoms with E-state index in [9.17, 15) is 9.18 Å². The van der Waals surface area contributed by atoms with E-state index in [0.29, 0.717) is 11.5 Å². The van der Waals surface area contributed by atoms with Crippen LogP contribution in [-0.4, -0.2) is 5.78 Å². The monoisotopic (exact) mass is 268 g/mol. The molecular formula is C15H18ClFO. The van der Waals surface area contributed by atoms with Crippen LogP contribution >= 0.6 is 11.6 Å². The Bertz CT molecular complexity index is 444. The van der Waals surface area contributed by atoms with Crippen molar-refractivity contribution < 1.29 is 9.18 Å². The quantitative estimate of drug-likeness (QED) is 0.714. The lowest BCUT2D eigenvalue weighted by Gasteiger charge is -2.27. The summed E-state index contributed by atoms with van der Waals surface area (Å²) in [7, 11) is 0. The van der Waals surface area contributed by atoms with Crippen molar-refractivity contribution in [1.82, 2.24) is 0 Å². The van der Waals surface area contributed by atoms with Crippen LogP contribution in [0.5, 0.6) is 0 Å². The van der Waals surface area contributed by atoms with E-state index in [4.69, 9.17) is 11.6 Å². The number of hydrogen-bond acceptors (Lipinski definition) is 1.